The van der Waals surface area contributed by atoms with Crippen molar-refractivity contribution in [3.63, 3.8) is 0 Å². The van der Waals surface area contributed by atoms with Crippen LogP contribution in [0.5, 0.6) is 5.75 Å². The van der Waals surface area contributed by atoms with E-state index >= 15 is 0 Å². The molecule has 1 N–H and O–H groups in total. The summed E-state index contributed by atoms with van der Waals surface area (Å²) in [4.78, 5) is 17.4. The van der Waals surface area contributed by atoms with Crippen LogP contribution in [0.2, 0.25) is 0 Å². The lowest BCUT2D eigenvalue weighted by atomic mass is 9.90. The van der Waals surface area contributed by atoms with Gasteiger partial charge in [0.1, 0.15) is 17.2 Å². The second-order valence-corrected chi connectivity index (χ2v) is 10.5. The van der Waals surface area contributed by atoms with E-state index in [1.807, 2.05) is 56.7 Å². The van der Waals surface area contributed by atoms with Gasteiger partial charge in [-0.1, -0.05) is 18.2 Å². The van der Waals surface area contributed by atoms with Crippen LogP contribution in [0, 0.1) is 12.7 Å². The maximum absolute atomic E-state index is 13.4. The van der Waals surface area contributed by atoms with Crippen molar-refractivity contribution in [1.29, 1.82) is 0 Å². The summed E-state index contributed by atoms with van der Waals surface area (Å²) in [5.41, 5.74) is 4.93. The van der Waals surface area contributed by atoms with Crippen LogP contribution in [0.4, 0.5) is 4.39 Å². The summed E-state index contributed by atoms with van der Waals surface area (Å²) in [6.45, 7) is 8.58. The van der Waals surface area contributed by atoms with E-state index < -0.39 is 17.7 Å². The number of hydrogen-bond acceptors (Lipinski definition) is 4. The Hall–Kier alpha value is -3.71. The first-order chi connectivity index (χ1) is 17.6. The van der Waals surface area contributed by atoms with Gasteiger partial charge in [-0.15, -0.1) is 0 Å². The normalized spacial score (nSPS) is 14.3. The lowest BCUT2D eigenvalue weighted by molar-refractivity contribution is -0.160. The summed E-state index contributed by atoms with van der Waals surface area (Å²) in [5, 5.41) is 11.1. The maximum atomic E-state index is 13.4. The number of carboxylic acids is 1. The third-order valence-electron chi connectivity index (χ3n) is 6.56. The molecule has 5 rings (SSSR count). The molecule has 1 unspecified atom stereocenters. The summed E-state index contributed by atoms with van der Waals surface area (Å²) >= 11 is 0. The predicted molar refractivity (Wildman–Crippen MR) is 140 cm³/mol. The number of aliphatic carboxylic acids is 1. The second kappa shape index (κ2) is 9.63. The molecule has 0 fully saturated rings. The van der Waals surface area contributed by atoms with Crippen LogP contribution in [0.1, 0.15) is 55.7 Å². The van der Waals surface area contributed by atoms with Crippen molar-refractivity contribution < 1.29 is 23.8 Å². The lowest BCUT2D eigenvalue weighted by Crippen LogP contribution is -2.28. The zero-order valence-corrected chi connectivity index (χ0v) is 21.5. The van der Waals surface area contributed by atoms with Crippen LogP contribution >= 0.6 is 0 Å². The van der Waals surface area contributed by atoms with Gasteiger partial charge in [-0.25, -0.2) is 14.2 Å². The molecule has 192 valence electrons. The molecule has 1 aliphatic rings. The highest BCUT2D eigenvalue weighted by Gasteiger charge is 2.33. The average molecular weight is 503 g/mol. The first-order valence-electron chi connectivity index (χ1n) is 12.5. The third-order valence-corrected chi connectivity index (χ3v) is 6.56. The molecule has 7 heteroatoms. The Morgan fingerprint density at radius 1 is 1.19 bits per heavy atom. The molecule has 4 aromatic rings. The van der Waals surface area contributed by atoms with Gasteiger partial charge in [-0.05, 0) is 87.6 Å². The zero-order chi connectivity index (χ0) is 26.3. The van der Waals surface area contributed by atoms with Gasteiger partial charge in [-0.3, -0.25) is 0 Å². The first kappa shape index (κ1) is 25.0. The molecule has 37 heavy (non-hydrogen) atoms. The number of nitrogens with zero attached hydrogens (tertiary/aromatic N) is 2. The molecule has 0 aliphatic carbocycles. The molecule has 2 aromatic heterocycles. The Morgan fingerprint density at radius 2 is 1.95 bits per heavy atom. The molecule has 0 radical (unpaired) electrons. The number of rotatable bonds is 6. The first-order valence-corrected chi connectivity index (χ1v) is 12.5. The highest BCUT2D eigenvalue weighted by atomic mass is 19.1. The Morgan fingerprint density at radius 3 is 2.65 bits per heavy atom. The Labute approximate surface area is 215 Å². The van der Waals surface area contributed by atoms with E-state index in [1.165, 1.54) is 12.1 Å². The Kier molecular flexibility index (Phi) is 6.50. The van der Waals surface area contributed by atoms with Gasteiger partial charge < -0.3 is 19.1 Å². The van der Waals surface area contributed by atoms with Crippen LogP contribution in [-0.2, 0) is 22.5 Å². The second-order valence-electron chi connectivity index (χ2n) is 10.5. The topological polar surface area (TPSA) is 73.6 Å². The van der Waals surface area contributed by atoms with E-state index in [2.05, 4.69) is 6.07 Å². The number of halogens is 1. The molecule has 3 heterocycles. The van der Waals surface area contributed by atoms with Gasteiger partial charge in [0, 0.05) is 34.9 Å². The van der Waals surface area contributed by atoms with Crippen molar-refractivity contribution >= 4 is 17.0 Å². The molecule has 6 nitrogen and oxygen atoms in total. The summed E-state index contributed by atoms with van der Waals surface area (Å²) in [6.07, 6.45) is 2.58. The van der Waals surface area contributed by atoms with E-state index in [4.69, 9.17) is 14.5 Å². The van der Waals surface area contributed by atoms with Crippen molar-refractivity contribution in [1.82, 2.24) is 9.55 Å². The quantitative estimate of drug-likeness (QED) is 0.327. The SMILES string of the molecule is Cc1nc2c(ccn2Cc2ccc(F)cc2)c(-c2ccc3c(c2)CCCO3)c1C(OC(C)(C)C)C(=O)O. The Bertz CT molecular complexity index is 1470. The van der Waals surface area contributed by atoms with Crippen molar-refractivity contribution in [2.75, 3.05) is 6.61 Å². The van der Waals surface area contributed by atoms with E-state index in [1.54, 1.807) is 12.1 Å². The maximum Gasteiger partial charge on any atom is 0.337 e. The summed E-state index contributed by atoms with van der Waals surface area (Å²) in [5.74, 6) is -0.474. The highest BCUT2D eigenvalue weighted by Crippen LogP contribution is 2.41. The molecule has 0 saturated carbocycles. The monoisotopic (exact) mass is 502 g/mol. The van der Waals surface area contributed by atoms with Crippen LogP contribution in [0.15, 0.2) is 54.7 Å². The molecular formula is C30H31FN2O4. The number of benzene rings is 2. The number of aryl methyl sites for hydroxylation is 2. The lowest BCUT2D eigenvalue weighted by Gasteiger charge is -2.28. The van der Waals surface area contributed by atoms with E-state index in [0.717, 1.165) is 51.9 Å². The molecule has 0 saturated heterocycles. The number of carbonyl (C=O) groups is 1. The van der Waals surface area contributed by atoms with Gasteiger partial charge >= 0.3 is 5.97 Å². The van der Waals surface area contributed by atoms with Crippen LogP contribution in [0.3, 0.4) is 0 Å². The van der Waals surface area contributed by atoms with Crippen LogP contribution in [0.25, 0.3) is 22.2 Å². The number of pyridine rings is 1. The summed E-state index contributed by atoms with van der Waals surface area (Å²) < 4.78 is 27.4. The van der Waals surface area contributed by atoms with Gasteiger partial charge in [0.25, 0.3) is 0 Å². The Balaban J connectivity index is 1.73. The standard InChI is InChI=1S/C30H31FN2O4/c1-18-25(27(29(34)35)37-30(2,3)4)26(21-9-12-24-20(16-21)6-5-15-36-24)23-13-14-33(28(23)32-18)17-19-7-10-22(31)11-8-19/h7-14,16,27H,5-6,15,17H2,1-4H3,(H,34,35). The summed E-state index contributed by atoms with van der Waals surface area (Å²) in [7, 11) is 0. The van der Waals surface area contributed by atoms with Gasteiger partial charge in [0.2, 0.25) is 0 Å². The van der Waals surface area contributed by atoms with Crippen molar-refractivity contribution in [2.45, 2.75) is 58.8 Å². The molecule has 1 aliphatic heterocycles. The third kappa shape index (κ3) is 5.09. The molecule has 0 amide bonds. The van der Waals surface area contributed by atoms with Gasteiger partial charge in [-0.2, -0.15) is 0 Å². The minimum absolute atomic E-state index is 0.281. The largest absolute Gasteiger partial charge is 0.493 e. The van der Waals surface area contributed by atoms with Crippen molar-refractivity contribution in [3.8, 4) is 16.9 Å². The highest BCUT2D eigenvalue weighted by molar-refractivity contribution is 5.98. The number of hydrogen-bond donors (Lipinski definition) is 1. The van der Waals surface area contributed by atoms with Crippen molar-refractivity contribution in [2.24, 2.45) is 0 Å². The number of aromatic nitrogens is 2. The molecule has 0 bridgehead atoms. The van der Waals surface area contributed by atoms with Gasteiger partial charge in [0.05, 0.1) is 12.2 Å². The smallest absolute Gasteiger partial charge is 0.337 e. The minimum Gasteiger partial charge on any atom is -0.493 e. The van der Waals surface area contributed by atoms with Gasteiger partial charge in [0.15, 0.2) is 6.10 Å². The minimum atomic E-state index is -1.19. The van der Waals surface area contributed by atoms with Crippen molar-refractivity contribution in [3.05, 3.63) is 82.9 Å². The van der Waals surface area contributed by atoms with E-state index in [0.29, 0.717) is 24.4 Å². The number of carboxylic acid groups (broad SMARTS) is 1. The fourth-order valence-electron chi connectivity index (χ4n) is 4.98. The zero-order valence-electron chi connectivity index (χ0n) is 21.5. The van der Waals surface area contributed by atoms with Crippen LogP contribution < -0.4 is 4.74 Å². The molecule has 0 spiro atoms. The average Bonchev–Trinajstić information content (AvgIpc) is 3.24. The number of fused-ring (bicyclic) bond motifs is 2. The predicted octanol–water partition coefficient (Wildman–Crippen LogP) is 6.46. The fraction of sp³-hybridized carbons (Fsp3) is 0.333. The van der Waals surface area contributed by atoms with E-state index in [-0.39, 0.29) is 5.82 Å². The molecule has 2 aromatic carbocycles. The summed E-state index contributed by atoms with van der Waals surface area (Å²) in [6, 6.07) is 14.4. The molecule has 1 atom stereocenters. The number of ether oxygens (including phenoxy) is 2. The fourth-order valence-corrected chi connectivity index (χ4v) is 4.98. The van der Waals surface area contributed by atoms with E-state index in [9.17, 15) is 14.3 Å². The van der Waals surface area contributed by atoms with Crippen LogP contribution in [-0.4, -0.2) is 32.8 Å². The molecular weight excluding hydrogens is 471 g/mol.